The first-order chi connectivity index (χ1) is 15.4. The van der Waals surface area contributed by atoms with Crippen molar-refractivity contribution in [2.24, 2.45) is 0 Å². The zero-order valence-corrected chi connectivity index (χ0v) is 18.8. The number of para-hydroxylation sites is 1. The molecule has 1 saturated heterocycles. The molecule has 0 aliphatic carbocycles. The quantitative estimate of drug-likeness (QED) is 0.524. The second kappa shape index (κ2) is 11.8. The smallest absolute Gasteiger partial charge is 0.251 e. The molecule has 2 N–H and O–H groups in total. The van der Waals surface area contributed by atoms with Gasteiger partial charge in [-0.25, -0.2) is 8.42 Å². The minimum absolute atomic E-state index is 0.191. The van der Waals surface area contributed by atoms with Crippen LogP contribution in [0.1, 0.15) is 22.3 Å². The van der Waals surface area contributed by atoms with E-state index in [0.29, 0.717) is 23.4 Å². The lowest BCUT2D eigenvalue weighted by molar-refractivity contribution is -0.113. The maximum absolute atomic E-state index is 12.4. The van der Waals surface area contributed by atoms with Crippen molar-refractivity contribution >= 4 is 27.3 Å². The van der Waals surface area contributed by atoms with Crippen molar-refractivity contribution in [2.45, 2.75) is 12.2 Å². The summed E-state index contributed by atoms with van der Waals surface area (Å²) in [6, 6.07) is 15.1. The molecule has 1 heterocycles. The Balaban J connectivity index is 1.42. The highest BCUT2D eigenvalue weighted by atomic mass is 32.2. The molecule has 0 saturated carbocycles. The molecule has 0 aromatic heterocycles. The molecule has 2 aromatic rings. The fourth-order valence-electron chi connectivity index (χ4n) is 3.41. The van der Waals surface area contributed by atoms with E-state index in [9.17, 15) is 18.0 Å². The predicted molar refractivity (Wildman–Crippen MR) is 123 cm³/mol. The van der Waals surface area contributed by atoms with Crippen molar-refractivity contribution in [3.8, 4) is 0 Å². The molecule has 9 heteroatoms. The molecule has 0 radical (unpaired) electrons. The van der Waals surface area contributed by atoms with Crippen LogP contribution in [0, 0.1) is 0 Å². The van der Waals surface area contributed by atoms with E-state index in [-0.39, 0.29) is 11.7 Å². The molecule has 0 spiro atoms. The summed E-state index contributed by atoms with van der Waals surface area (Å²) < 4.78 is 30.1. The summed E-state index contributed by atoms with van der Waals surface area (Å²) in [5, 5.41) is 5.46. The van der Waals surface area contributed by atoms with Gasteiger partial charge >= 0.3 is 0 Å². The zero-order chi connectivity index (χ0) is 22.8. The molecule has 3 rings (SSSR count). The zero-order valence-electron chi connectivity index (χ0n) is 18.0. The van der Waals surface area contributed by atoms with Crippen LogP contribution < -0.4 is 10.6 Å². The largest absolute Gasteiger partial charge is 0.379 e. The number of nitrogens with zero attached hydrogens (tertiary/aromatic N) is 1. The lowest BCUT2D eigenvalue weighted by Gasteiger charge is -2.26. The summed E-state index contributed by atoms with van der Waals surface area (Å²) in [5.74, 6) is -1.64. The minimum Gasteiger partial charge on any atom is -0.379 e. The highest BCUT2D eigenvalue weighted by Gasteiger charge is 2.18. The third-order valence-corrected chi connectivity index (χ3v) is 6.53. The van der Waals surface area contributed by atoms with E-state index in [1.165, 1.54) is 0 Å². The summed E-state index contributed by atoms with van der Waals surface area (Å²) >= 11 is 0. The van der Waals surface area contributed by atoms with Crippen LogP contribution in [0.2, 0.25) is 0 Å². The maximum Gasteiger partial charge on any atom is 0.251 e. The SMILES string of the molecule is O=C(CS(=O)(=O)Cc1ccc(C(=O)NCCCN2CCOCC2)cc1)Nc1ccccc1. The molecule has 2 aromatic carbocycles. The molecule has 1 aliphatic heterocycles. The van der Waals surface area contributed by atoms with Gasteiger partial charge in [0.2, 0.25) is 5.91 Å². The highest BCUT2D eigenvalue weighted by molar-refractivity contribution is 7.91. The summed E-state index contributed by atoms with van der Waals surface area (Å²) in [6.45, 7) is 4.85. The van der Waals surface area contributed by atoms with Crippen molar-refractivity contribution in [1.29, 1.82) is 0 Å². The van der Waals surface area contributed by atoms with Crippen LogP contribution in [0.4, 0.5) is 5.69 Å². The average Bonchev–Trinajstić information content (AvgIpc) is 2.77. The molecule has 172 valence electrons. The van der Waals surface area contributed by atoms with Gasteiger partial charge in [0, 0.05) is 30.9 Å². The number of hydrogen-bond donors (Lipinski definition) is 2. The Bertz CT molecular complexity index is 988. The van der Waals surface area contributed by atoms with E-state index in [1.807, 2.05) is 6.07 Å². The molecule has 1 aliphatic rings. The van der Waals surface area contributed by atoms with Gasteiger partial charge in [0.1, 0.15) is 5.75 Å². The number of benzene rings is 2. The molecule has 2 amide bonds. The predicted octanol–water partition coefficient (Wildman–Crippen LogP) is 1.69. The fourth-order valence-corrected chi connectivity index (χ4v) is 4.68. The first-order valence-corrected chi connectivity index (χ1v) is 12.5. The summed E-state index contributed by atoms with van der Waals surface area (Å²) in [6.07, 6.45) is 0.854. The van der Waals surface area contributed by atoms with Crippen LogP contribution in [0.5, 0.6) is 0 Å². The van der Waals surface area contributed by atoms with E-state index < -0.39 is 21.5 Å². The number of sulfone groups is 1. The molecular weight excluding hydrogens is 430 g/mol. The van der Waals surface area contributed by atoms with E-state index in [1.54, 1.807) is 48.5 Å². The van der Waals surface area contributed by atoms with Gasteiger partial charge in [-0.1, -0.05) is 30.3 Å². The van der Waals surface area contributed by atoms with Crippen molar-refractivity contribution in [3.63, 3.8) is 0 Å². The number of carbonyl (C=O) groups is 2. The Hall–Kier alpha value is -2.75. The number of ether oxygens (including phenoxy) is 1. The minimum atomic E-state index is -3.64. The molecule has 0 bridgehead atoms. The number of amides is 2. The van der Waals surface area contributed by atoms with Gasteiger partial charge in [-0.2, -0.15) is 0 Å². The van der Waals surface area contributed by atoms with Crippen LogP contribution in [0.25, 0.3) is 0 Å². The van der Waals surface area contributed by atoms with Crippen LogP contribution in [0.15, 0.2) is 54.6 Å². The third-order valence-electron chi connectivity index (χ3n) is 5.05. The second-order valence-corrected chi connectivity index (χ2v) is 9.77. The number of nitrogens with one attached hydrogen (secondary N) is 2. The molecule has 1 fully saturated rings. The standard InChI is InChI=1S/C23H29N3O5S/c27-22(25-21-5-2-1-3-6-21)18-32(29,30)17-19-7-9-20(10-8-19)23(28)24-11-4-12-26-13-15-31-16-14-26/h1-3,5-10H,4,11-18H2,(H,24,28)(H,25,27). The average molecular weight is 460 g/mol. The molecule has 0 unspecified atom stereocenters. The van der Waals surface area contributed by atoms with Gasteiger partial charge in [0.15, 0.2) is 9.84 Å². The van der Waals surface area contributed by atoms with Gasteiger partial charge in [0.05, 0.1) is 19.0 Å². The van der Waals surface area contributed by atoms with E-state index >= 15 is 0 Å². The number of rotatable bonds is 10. The molecule has 32 heavy (non-hydrogen) atoms. The summed E-state index contributed by atoms with van der Waals surface area (Å²) in [7, 11) is -3.64. The highest BCUT2D eigenvalue weighted by Crippen LogP contribution is 2.11. The van der Waals surface area contributed by atoms with Gasteiger partial charge in [-0.3, -0.25) is 14.5 Å². The van der Waals surface area contributed by atoms with Gasteiger partial charge < -0.3 is 15.4 Å². The second-order valence-electron chi connectivity index (χ2n) is 7.71. The first-order valence-electron chi connectivity index (χ1n) is 10.6. The number of anilines is 1. The molecule has 0 atom stereocenters. The van der Waals surface area contributed by atoms with Crippen LogP contribution in [-0.2, 0) is 25.1 Å². The van der Waals surface area contributed by atoms with E-state index in [2.05, 4.69) is 15.5 Å². The Morgan fingerprint density at radius 3 is 2.34 bits per heavy atom. The number of hydrogen-bond acceptors (Lipinski definition) is 6. The fraction of sp³-hybridized carbons (Fsp3) is 0.391. The maximum atomic E-state index is 12.4. The Morgan fingerprint density at radius 1 is 0.969 bits per heavy atom. The first kappa shape index (κ1) is 23.9. The normalized spacial score (nSPS) is 14.6. The van der Waals surface area contributed by atoms with Gasteiger partial charge in [-0.15, -0.1) is 0 Å². The Morgan fingerprint density at radius 2 is 1.66 bits per heavy atom. The summed E-state index contributed by atoms with van der Waals surface area (Å²) in [5.41, 5.74) is 1.55. The van der Waals surface area contributed by atoms with E-state index in [4.69, 9.17) is 4.74 Å². The van der Waals surface area contributed by atoms with Crippen molar-refractivity contribution in [2.75, 3.05) is 50.5 Å². The van der Waals surface area contributed by atoms with Crippen LogP contribution in [0.3, 0.4) is 0 Å². The topological polar surface area (TPSA) is 105 Å². The van der Waals surface area contributed by atoms with Gasteiger partial charge in [0.25, 0.3) is 5.91 Å². The van der Waals surface area contributed by atoms with Crippen LogP contribution >= 0.6 is 0 Å². The van der Waals surface area contributed by atoms with Crippen molar-refractivity contribution in [3.05, 3.63) is 65.7 Å². The Kier molecular flexibility index (Phi) is 8.78. The number of morpholine rings is 1. The van der Waals surface area contributed by atoms with Crippen molar-refractivity contribution < 1.29 is 22.7 Å². The van der Waals surface area contributed by atoms with E-state index in [0.717, 1.165) is 39.3 Å². The van der Waals surface area contributed by atoms with Crippen LogP contribution in [-0.4, -0.2) is 70.3 Å². The monoisotopic (exact) mass is 459 g/mol. The Labute approximate surface area is 188 Å². The molecule has 8 nitrogen and oxygen atoms in total. The third kappa shape index (κ3) is 8.07. The van der Waals surface area contributed by atoms with Gasteiger partial charge in [-0.05, 0) is 42.8 Å². The lowest BCUT2D eigenvalue weighted by Crippen LogP contribution is -2.38. The van der Waals surface area contributed by atoms with Crippen molar-refractivity contribution in [1.82, 2.24) is 10.2 Å². The summed E-state index contributed by atoms with van der Waals surface area (Å²) in [4.78, 5) is 26.6. The number of carbonyl (C=O) groups excluding carboxylic acids is 2. The molecular formula is C23H29N3O5S. The lowest BCUT2D eigenvalue weighted by atomic mass is 10.1.